The second-order valence-corrected chi connectivity index (χ2v) is 7.48. The molecule has 0 spiro atoms. The quantitative estimate of drug-likeness (QED) is 0.780. The SMILES string of the molecule is COc1ccccc1CCC1SCCN1C(=O)CN1C=CN(C)C=C1. The van der Waals surface area contributed by atoms with Crippen molar-refractivity contribution in [2.45, 2.75) is 18.2 Å². The molecule has 1 atom stereocenters. The van der Waals surface area contributed by atoms with Crippen molar-refractivity contribution in [1.29, 1.82) is 0 Å². The number of thioether (sulfide) groups is 1. The van der Waals surface area contributed by atoms with Crippen LogP contribution in [0.3, 0.4) is 0 Å². The van der Waals surface area contributed by atoms with Gasteiger partial charge in [0, 0.05) is 44.1 Å². The van der Waals surface area contributed by atoms with Gasteiger partial charge in [-0.25, -0.2) is 0 Å². The number of para-hydroxylation sites is 1. The van der Waals surface area contributed by atoms with Gasteiger partial charge in [0.1, 0.15) is 12.3 Å². The number of hydrogen-bond donors (Lipinski definition) is 0. The van der Waals surface area contributed by atoms with Gasteiger partial charge in [-0.05, 0) is 24.5 Å². The Morgan fingerprint density at radius 1 is 1.24 bits per heavy atom. The first-order valence-electron chi connectivity index (χ1n) is 8.54. The number of amides is 1. The minimum atomic E-state index is 0.189. The molecule has 3 rings (SSSR count). The Morgan fingerprint density at radius 2 is 2.00 bits per heavy atom. The number of carbonyl (C=O) groups is 1. The van der Waals surface area contributed by atoms with Gasteiger partial charge in [0.2, 0.25) is 5.91 Å². The first-order chi connectivity index (χ1) is 12.2. The Bertz CT molecular complexity index is 648. The fourth-order valence-electron chi connectivity index (χ4n) is 3.07. The van der Waals surface area contributed by atoms with Gasteiger partial charge in [-0.15, -0.1) is 11.8 Å². The fourth-order valence-corrected chi connectivity index (χ4v) is 4.33. The molecule has 1 aromatic carbocycles. The van der Waals surface area contributed by atoms with E-state index in [4.69, 9.17) is 4.74 Å². The smallest absolute Gasteiger partial charge is 0.243 e. The number of benzene rings is 1. The van der Waals surface area contributed by atoms with Gasteiger partial charge in [0.15, 0.2) is 0 Å². The van der Waals surface area contributed by atoms with Gasteiger partial charge in [-0.2, -0.15) is 0 Å². The van der Waals surface area contributed by atoms with Crippen molar-refractivity contribution in [2.75, 3.05) is 33.0 Å². The Morgan fingerprint density at radius 3 is 2.76 bits per heavy atom. The molecule has 0 saturated carbocycles. The van der Waals surface area contributed by atoms with Gasteiger partial charge in [0.05, 0.1) is 12.5 Å². The van der Waals surface area contributed by atoms with E-state index in [1.807, 2.05) is 76.5 Å². The molecule has 1 aromatic rings. The third-order valence-electron chi connectivity index (χ3n) is 4.47. The van der Waals surface area contributed by atoms with E-state index in [0.29, 0.717) is 6.54 Å². The summed E-state index contributed by atoms with van der Waals surface area (Å²) in [6.07, 6.45) is 9.64. The van der Waals surface area contributed by atoms with E-state index in [1.54, 1.807) is 7.11 Å². The molecule has 1 amide bonds. The maximum absolute atomic E-state index is 12.7. The average Bonchev–Trinajstić information content (AvgIpc) is 3.11. The molecule has 25 heavy (non-hydrogen) atoms. The van der Waals surface area contributed by atoms with Crippen LogP contribution in [0.2, 0.25) is 0 Å². The highest BCUT2D eigenvalue weighted by Crippen LogP contribution is 2.29. The summed E-state index contributed by atoms with van der Waals surface area (Å²) in [5.41, 5.74) is 1.20. The van der Waals surface area contributed by atoms with E-state index < -0.39 is 0 Å². The fraction of sp³-hybridized carbons (Fsp3) is 0.421. The van der Waals surface area contributed by atoms with Crippen LogP contribution >= 0.6 is 11.8 Å². The summed E-state index contributed by atoms with van der Waals surface area (Å²) in [4.78, 5) is 18.6. The van der Waals surface area contributed by atoms with Gasteiger partial charge in [0.25, 0.3) is 0 Å². The highest BCUT2D eigenvalue weighted by atomic mass is 32.2. The van der Waals surface area contributed by atoms with Crippen molar-refractivity contribution < 1.29 is 9.53 Å². The highest BCUT2D eigenvalue weighted by molar-refractivity contribution is 8.00. The van der Waals surface area contributed by atoms with Crippen LogP contribution in [0.1, 0.15) is 12.0 Å². The van der Waals surface area contributed by atoms with Crippen LogP contribution in [-0.2, 0) is 11.2 Å². The van der Waals surface area contributed by atoms with E-state index >= 15 is 0 Å². The zero-order valence-electron chi connectivity index (χ0n) is 14.8. The lowest BCUT2D eigenvalue weighted by molar-refractivity contribution is -0.131. The molecule has 1 saturated heterocycles. The molecule has 1 fully saturated rings. The van der Waals surface area contributed by atoms with Crippen molar-refractivity contribution in [2.24, 2.45) is 0 Å². The van der Waals surface area contributed by atoms with Crippen molar-refractivity contribution in [1.82, 2.24) is 14.7 Å². The summed E-state index contributed by atoms with van der Waals surface area (Å²) in [5, 5.41) is 0.248. The first-order valence-corrected chi connectivity index (χ1v) is 9.59. The Kier molecular flexibility index (Phi) is 5.91. The van der Waals surface area contributed by atoms with Crippen molar-refractivity contribution >= 4 is 17.7 Å². The van der Waals surface area contributed by atoms with E-state index in [0.717, 1.165) is 30.9 Å². The minimum Gasteiger partial charge on any atom is -0.496 e. The van der Waals surface area contributed by atoms with Crippen LogP contribution in [0.4, 0.5) is 0 Å². The molecule has 0 radical (unpaired) electrons. The summed E-state index contributed by atoms with van der Waals surface area (Å²) in [6.45, 7) is 1.23. The third-order valence-corrected chi connectivity index (χ3v) is 5.76. The Hall–Kier alpha value is -2.08. The molecular formula is C19H25N3O2S. The summed E-state index contributed by atoms with van der Waals surface area (Å²) in [6, 6.07) is 8.12. The van der Waals surface area contributed by atoms with Gasteiger partial charge in [-0.1, -0.05) is 18.2 Å². The predicted octanol–water partition coefficient (Wildman–Crippen LogP) is 2.72. The molecule has 5 nitrogen and oxygen atoms in total. The van der Waals surface area contributed by atoms with Gasteiger partial charge < -0.3 is 19.4 Å². The first kappa shape index (κ1) is 17.7. The third kappa shape index (κ3) is 4.51. The van der Waals surface area contributed by atoms with Gasteiger partial charge >= 0.3 is 0 Å². The molecule has 0 aromatic heterocycles. The van der Waals surface area contributed by atoms with Crippen LogP contribution in [0, 0.1) is 0 Å². The number of hydrogen-bond acceptors (Lipinski definition) is 5. The second-order valence-electron chi connectivity index (χ2n) is 6.20. The number of methoxy groups -OCH3 is 1. The molecule has 2 aliphatic rings. The maximum Gasteiger partial charge on any atom is 0.243 e. The van der Waals surface area contributed by atoms with E-state index in [1.165, 1.54) is 5.56 Å². The van der Waals surface area contributed by atoms with Crippen LogP contribution in [-0.4, -0.2) is 59.0 Å². The minimum absolute atomic E-state index is 0.189. The molecule has 0 N–H and O–H groups in total. The number of aryl methyl sites for hydroxylation is 1. The molecule has 0 bridgehead atoms. The summed E-state index contributed by atoms with van der Waals surface area (Å²) in [7, 11) is 3.67. The average molecular weight is 359 g/mol. The molecule has 2 heterocycles. The van der Waals surface area contributed by atoms with Crippen molar-refractivity contribution in [3.63, 3.8) is 0 Å². The molecule has 0 aliphatic carbocycles. The summed E-state index contributed by atoms with van der Waals surface area (Å²) >= 11 is 1.88. The summed E-state index contributed by atoms with van der Waals surface area (Å²) < 4.78 is 5.43. The second kappa shape index (κ2) is 8.34. The number of ether oxygens (including phenoxy) is 1. The maximum atomic E-state index is 12.7. The lowest BCUT2D eigenvalue weighted by atomic mass is 10.1. The van der Waals surface area contributed by atoms with Gasteiger partial charge in [-0.3, -0.25) is 4.79 Å². The lowest BCUT2D eigenvalue weighted by Crippen LogP contribution is -2.40. The lowest BCUT2D eigenvalue weighted by Gasteiger charge is -2.28. The van der Waals surface area contributed by atoms with Crippen molar-refractivity contribution in [3.8, 4) is 5.75 Å². The number of carbonyl (C=O) groups excluding carboxylic acids is 1. The monoisotopic (exact) mass is 359 g/mol. The standard InChI is InChI=1S/C19H25N3O2S/c1-20-9-11-21(12-10-20)15-18(23)22-13-14-25-19(22)8-7-16-5-3-4-6-17(16)24-2/h3-6,9-12,19H,7-8,13-15H2,1-2H3. The molecular weight excluding hydrogens is 334 g/mol. The molecule has 2 aliphatic heterocycles. The van der Waals surface area contributed by atoms with E-state index in [-0.39, 0.29) is 11.3 Å². The van der Waals surface area contributed by atoms with Crippen LogP contribution < -0.4 is 4.74 Å². The van der Waals surface area contributed by atoms with E-state index in [2.05, 4.69) is 6.07 Å². The van der Waals surface area contributed by atoms with Crippen molar-refractivity contribution in [3.05, 3.63) is 54.6 Å². The van der Waals surface area contributed by atoms with Crippen LogP contribution in [0.25, 0.3) is 0 Å². The topological polar surface area (TPSA) is 36.0 Å². The van der Waals surface area contributed by atoms with E-state index in [9.17, 15) is 4.79 Å². The zero-order valence-corrected chi connectivity index (χ0v) is 15.6. The number of nitrogens with zero attached hydrogens (tertiary/aromatic N) is 3. The normalized spacial score (nSPS) is 19.6. The van der Waals surface area contributed by atoms with Crippen LogP contribution in [0.5, 0.6) is 5.75 Å². The molecule has 1 unspecified atom stereocenters. The predicted molar refractivity (Wildman–Crippen MR) is 102 cm³/mol. The number of rotatable bonds is 6. The zero-order chi connectivity index (χ0) is 17.6. The molecule has 6 heteroatoms. The highest BCUT2D eigenvalue weighted by Gasteiger charge is 2.29. The van der Waals surface area contributed by atoms with Crippen LogP contribution in [0.15, 0.2) is 49.1 Å². The Labute approximate surface area is 153 Å². The Balaban J connectivity index is 1.56. The molecule has 134 valence electrons. The summed E-state index contributed by atoms with van der Waals surface area (Å²) in [5.74, 6) is 2.13. The largest absolute Gasteiger partial charge is 0.496 e.